The summed E-state index contributed by atoms with van der Waals surface area (Å²) in [5.74, 6) is 0. The SMILES string of the molecule is OC(c1ccccc1)(c1ccccc1)C(Nc1ccccc1)c1ccc(Cl)cc1. The largest absolute Gasteiger partial charge is 0.378 e. The average molecular weight is 400 g/mol. The molecule has 0 saturated carbocycles. The minimum atomic E-state index is -1.30. The van der Waals surface area contributed by atoms with E-state index in [1.165, 1.54) is 0 Å². The van der Waals surface area contributed by atoms with Crippen LogP contribution in [0.5, 0.6) is 0 Å². The van der Waals surface area contributed by atoms with Crippen LogP contribution in [0.25, 0.3) is 0 Å². The van der Waals surface area contributed by atoms with Gasteiger partial charge in [0, 0.05) is 10.7 Å². The molecule has 0 amide bonds. The number of nitrogens with one attached hydrogen (secondary N) is 1. The van der Waals surface area contributed by atoms with E-state index in [0.717, 1.165) is 22.4 Å². The van der Waals surface area contributed by atoms with Crippen molar-refractivity contribution < 1.29 is 5.11 Å². The quantitative estimate of drug-likeness (QED) is 0.391. The second kappa shape index (κ2) is 8.52. The van der Waals surface area contributed by atoms with Gasteiger partial charge in [-0.15, -0.1) is 0 Å². The Morgan fingerprint density at radius 3 is 1.55 bits per heavy atom. The molecule has 0 aliphatic carbocycles. The molecular weight excluding hydrogens is 378 g/mol. The van der Waals surface area contributed by atoms with E-state index in [2.05, 4.69) is 5.32 Å². The molecule has 0 bridgehead atoms. The molecule has 2 nitrogen and oxygen atoms in total. The highest BCUT2D eigenvalue weighted by atomic mass is 35.5. The zero-order chi connectivity index (χ0) is 20.1. The minimum Gasteiger partial charge on any atom is -0.378 e. The van der Waals surface area contributed by atoms with Crippen LogP contribution in [0.1, 0.15) is 22.7 Å². The number of halogens is 1. The summed E-state index contributed by atoms with van der Waals surface area (Å²) in [4.78, 5) is 0. The van der Waals surface area contributed by atoms with Crippen molar-refractivity contribution in [1.82, 2.24) is 0 Å². The smallest absolute Gasteiger partial charge is 0.139 e. The first-order valence-electron chi connectivity index (χ1n) is 9.58. The van der Waals surface area contributed by atoms with Gasteiger partial charge in [0.2, 0.25) is 0 Å². The summed E-state index contributed by atoms with van der Waals surface area (Å²) in [6.07, 6.45) is 0. The Labute approximate surface area is 176 Å². The molecule has 0 spiro atoms. The van der Waals surface area contributed by atoms with E-state index in [0.29, 0.717) is 5.02 Å². The summed E-state index contributed by atoms with van der Waals surface area (Å²) in [6.45, 7) is 0. The third kappa shape index (κ3) is 4.04. The van der Waals surface area contributed by atoms with Gasteiger partial charge in [-0.05, 0) is 41.0 Å². The zero-order valence-electron chi connectivity index (χ0n) is 15.9. The van der Waals surface area contributed by atoms with Crippen LogP contribution >= 0.6 is 11.6 Å². The van der Waals surface area contributed by atoms with Gasteiger partial charge in [0.05, 0.1) is 6.04 Å². The first-order chi connectivity index (χ1) is 14.2. The minimum absolute atomic E-state index is 0.438. The van der Waals surface area contributed by atoms with Crippen molar-refractivity contribution in [3.8, 4) is 0 Å². The van der Waals surface area contributed by atoms with Crippen molar-refractivity contribution in [2.45, 2.75) is 11.6 Å². The van der Waals surface area contributed by atoms with Gasteiger partial charge in [0.15, 0.2) is 0 Å². The highest BCUT2D eigenvalue weighted by Crippen LogP contribution is 2.43. The number of benzene rings is 4. The Morgan fingerprint density at radius 1 is 0.621 bits per heavy atom. The molecule has 0 aromatic heterocycles. The maximum atomic E-state index is 12.3. The zero-order valence-corrected chi connectivity index (χ0v) is 16.6. The molecule has 0 aliphatic heterocycles. The Kier molecular flexibility index (Phi) is 5.66. The molecule has 0 aliphatic rings. The second-order valence-electron chi connectivity index (χ2n) is 6.99. The molecule has 1 atom stereocenters. The number of aliphatic hydroxyl groups is 1. The van der Waals surface area contributed by atoms with Gasteiger partial charge >= 0.3 is 0 Å². The Morgan fingerprint density at radius 2 is 1.07 bits per heavy atom. The van der Waals surface area contributed by atoms with E-state index in [1.807, 2.05) is 115 Å². The maximum absolute atomic E-state index is 12.3. The van der Waals surface area contributed by atoms with Crippen LogP contribution < -0.4 is 5.32 Å². The van der Waals surface area contributed by atoms with Gasteiger partial charge in [-0.2, -0.15) is 0 Å². The predicted molar refractivity (Wildman–Crippen MR) is 120 cm³/mol. The topological polar surface area (TPSA) is 32.3 Å². The molecule has 4 rings (SSSR count). The lowest BCUT2D eigenvalue weighted by Crippen LogP contribution is -2.39. The number of rotatable bonds is 6. The molecule has 4 aromatic carbocycles. The molecule has 29 heavy (non-hydrogen) atoms. The van der Waals surface area contributed by atoms with Gasteiger partial charge in [0.25, 0.3) is 0 Å². The number of anilines is 1. The van der Waals surface area contributed by atoms with E-state index in [1.54, 1.807) is 0 Å². The van der Waals surface area contributed by atoms with Gasteiger partial charge in [-0.3, -0.25) is 0 Å². The lowest BCUT2D eigenvalue weighted by molar-refractivity contribution is 0.0586. The van der Waals surface area contributed by atoms with Gasteiger partial charge in [-0.1, -0.05) is 103 Å². The third-order valence-electron chi connectivity index (χ3n) is 5.13. The highest BCUT2D eigenvalue weighted by Gasteiger charge is 2.41. The van der Waals surface area contributed by atoms with Crippen LogP contribution in [-0.4, -0.2) is 5.11 Å². The summed E-state index contributed by atoms with van der Waals surface area (Å²) in [6, 6.07) is 36.7. The van der Waals surface area contributed by atoms with E-state index >= 15 is 0 Å². The van der Waals surface area contributed by atoms with Crippen LogP contribution in [-0.2, 0) is 5.60 Å². The average Bonchev–Trinajstić information content (AvgIpc) is 2.79. The van der Waals surface area contributed by atoms with E-state index in [9.17, 15) is 5.11 Å². The number of para-hydroxylation sites is 1. The van der Waals surface area contributed by atoms with Gasteiger partial charge < -0.3 is 10.4 Å². The monoisotopic (exact) mass is 399 g/mol. The van der Waals surface area contributed by atoms with Crippen molar-refractivity contribution in [3.05, 3.63) is 137 Å². The normalized spacial score (nSPS) is 12.3. The van der Waals surface area contributed by atoms with Gasteiger partial charge in [0.1, 0.15) is 5.60 Å². The second-order valence-corrected chi connectivity index (χ2v) is 7.43. The fraction of sp³-hybridized carbons (Fsp3) is 0.0769. The summed E-state index contributed by atoms with van der Waals surface area (Å²) in [5.41, 5.74) is 2.20. The van der Waals surface area contributed by atoms with E-state index < -0.39 is 11.6 Å². The number of hydrogen-bond acceptors (Lipinski definition) is 2. The van der Waals surface area contributed by atoms with Gasteiger partial charge in [-0.25, -0.2) is 0 Å². The molecule has 0 fully saturated rings. The van der Waals surface area contributed by atoms with Crippen molar-refractivity contribution >= 4 is 17.3 Å². The van der Waals surface area contributed by atoms with Crippen LogP contribution in [0.4, 0.5) is 5.69 Å². The molecule has 4 aromatic rings. The summed E-state index contributed by atoms with van der Waals surface area (Å²) in [5, 5.41) is 16.5. The molecule has 144 valence electrons. The standard InChI is InChI=1S/C26H22ClNO/c27-23-18-16-20(17-19-23)25(28-24-14-8-3-9-15-24)26(29,21-10-4-1-5-11-21)22-12-6-2-7-13-22/h1-19,25,28-29H. The molecule has 0 saturated heterocycles. The third-order valence-corrected chi connectivity index (χ3v) is 5.39. The van der Waals surface area contributed by atoms with Crippen molar-refractivity contribution in [1.29, 1.82) is 0 Å². The van der Waals surface area contributed by atoms with E-state index in [-0.39, 0.29) is 0 Å². The van der Waals surface area contributed by atoms with Crippen molar-refractivity contribution in [2.24, 2.45) is 0 Å². The lowest BCUT2D eigenvalue weighted by atomic mass is 9.77. The van der Waals surface area contributed by atoms with Crippen LogP contribution in [0.3, 0.4) is 0 Å². The van der Waals surface area contributed by atoms with Crippen LogP contribution in [0.2, 0.25) is 5.02 Å². The molecule has 1 unspecified atom stereocenters. The molecule has 0 radical (unpaired) electrons. The summed E-state index contributed by atoms with van der Waals surface area (Å²) in [7, 11) is 0. The predicted octanol–water partition coefficient (Wildman–Crippen LogP) is 6.43. The summed E-state index contributed by atoms with van der Waals surface area (Å²) >= 11 is 6.14. The maximum Gasteiger partial charge on any atom is 0.139 e. The van der Waals surface area contributed by atoms with Crippen molar-refractivity contribution in [2.75, 3.05) is 5.32 Å². The molecule has 2 N–H and O–H groups in total. The van der Waals surface area contributed by atoms with E-state index in [4.69, 9.17) is 11.6 Å². The Balaban J connectivity index is 1.91. The Hall–Kier alpha value is -3.07. The van der Waals surface area contributed by atoms with Crippen LogP contribution in [0.15, 0.2) is 115 Å². The fourth-order valence-corrected chi connectivity index (χ4v) is 3.80. The highest BCUT2D eigenvalue weighted by molar-refractivity contribution is 6.30. The number of hydrogen-bond donors (Lipinski definition) is 2. The Bertz CT molecular complexity index is 995. The van der Waals surface area contributed by atoms with Crippen LogP contribution in [0, 0.1) is 0 Å². The molecular formula is C26H22ClNO. The molecule has 3 heteroatoms. The molecule has 0 heterocycles. The first-order valence-corrected chi connectivity index (χ1v) is 9.96. The van der Waals surface area contributed by atoms with Crippen molar-refractivity contribution in [3.63, 3.8) is 0 Å². The summed E-state index contributed by atoms with van der Waals surface area (Å²) < 4.78 is 0. The lowest BCUT2D eigenvalue weighted by Gasteiger charge is -2.38. The fourth-order valence-electron chi connectivity index (χ4n) is 3.67. The first kappa shape index (κ1) is 19.3.